The first kappa shape index (κ1) is 14.6. The monoisotopic (exact) mass is 332 g/mol. The molecule has 8 heteroatoms. The van der Waals surface area contributed by atoms with Crippen LogP contribution >= 0.6 is 11.3 Å². The lowest BCUT2D eigenvalue weighted by molar-refractivity contribution is -0.127. The van der Waals surface area contributed by atoms with Crippen molar-refractivity contribution in [2.24, 2.45) is 0 Å². The number of nitrogens with zero attached hydrogens (tertiary/aromatic N) is 6. The molecule has 23 heavy (non-hydrogen) atoms. The summed E-state index contributed by atoms with van der Waals surface area (Å²) in [5.41, 5.74) is 1.33. The van der Waals surface area contributed by atoms with Gasteiger partial charge in [0.25, 0.3) is 0 Å². The molecule has 4 rings (SSSR count). The predicted molar refractivity (Wildman–Crippen MR) is 87.4 cm³/mol. The van der Waals surface area contributed by atoms with Crippen LogP contribution in [0.2, 0.25) is 0 Å². The number of likely N-dealkylation sites (tertiary alicyclic amines) is 1. The molecule has 0 aromatic carbocycles. The third-order valence-electron chi connectivity index (χ3n) is 4.83. The first-order valence-electron chi connectivity index (χ1n) is 8.12. The van der Waals surface area contributed by atoms with Crippen molar-refractivity contribution in [3.05, 3.63) is 22.4 Å². The number of anilines is 1. The van der Waals surface area contributed by atoms with E-state index in [1.54, 1.807) is 11.3 Å². The van der Waals surface area contributed by atoms with Gasteiger partial charge in [0.15, 0.2) is 0 Å². The van der Waals surface area contributed by atoms with Crippen LogP contribution in [-0.4, -0.2) is 50.6 Å². The fourth-order valence-electron chi connectivity index (χ4n) is 3.65. The molecule has 2 aromatic rings. The summed E-state index contributed by atoms with van der Waals surface area (Å²) >= 11 is 1.72. The molecule has 0 aliphatic carbocycles. The third-order valence-corrected chi connectivity index (χ3v) is 5.54. The molecule has 2 aromatic heterocycles. The van der Waals surface area contributed by atoms with Crippen LogP contribution in [-0.2, 0) is 4.79 Å². The number of carbonyl (C=O) groups excluding carboxylic acids is 1. The van der Waals surface area contributed by atoms with Crippen molar-refractivity contribution >= 4 is 23.2 Å². The molecule has 2 aliphatic rings. The van der Waals surface area contributed by atoms with E-state index in [0.717, 1.165) is 31.9 Å². The average Bonchev–Trinajstić information content (AvgIpc) is 3.31. The summed E-state index contributed by atoms with van der Waals surface area (Å²) in [7, 11) is 0. The first-order valence-corrected chi connectivity index (χ1v) is 9.06. The molecule has 122 valence electrons. The van der Waals surface area contributed by atoms with Crippen LogP contribution in [0.15, 0.2) is 16.8 Å². The Kier molecular flexibility index (Phi) is 3.76. The van der Waals surface area contributed by atoms with Gasteiger partial charge in [0.05, 0.1) is 18.5 Å². The lowest BCUT2D eigenvalue weighted by Gasteiger charge is -2.25. The fraction of sp³-hybridized carbons (Fsp3) is 0.600. The van der Waals surface area contributed by atoms with Crippen molar-refractivity contribution < 1.29 is 4.79 Å². The van der Waals surface area contributed by atoms with Gasteiger partial charge in [0, 0.05) is 19.6 Å². The largest absolute Gasteiger partial charge is 0.341 e. The highest BCUT2D eigenvalue weighted by molar-refractivity contribution is 7.08. The Morgan fingerprint density at radius 1 is 1.43 bits per heavy atom. The van der Waals surface area contributed by atoms with E-state index < -0.39 is 0 Å². The second kappa shape index (κ2) is 5.92. The Bertz CT molecular complexity index is 684. The van der Waals surface area contributed by atoms with Crippen LogP contribution in [0.5, 0.6) is 0 Å². The quantitative estimate of drug-likeness (QED) is 0.855. The Balaban J connectivity index is 1.61. The lowest BCUT2D eigenvalue weighted by Crippen LogP contribution is -2.29. The summed E-state index contributed by atoms with van der Waals surface area (Å²) in [6, 6.07) is 2.56. The van der Waals surface area contributed by atoms with E-state index in [4.69, 9.17) is 0 Å². The lowest BCUT2D eigenvalue weighted by atomic mass is 10.1. The predicted octanol–water partition coefficient (Wildman–Crippen LogP) is 1.87. The van der Waals surface area contributed by atoms with Crippen molar-refractivity contribution in [2.45, 2.75) is 38.3 Å². The van der Waals surface area contributed by atoms with Gasteiger partial charge in [-0.05, 0) is 52.6 Å². The van der Waals surface area contributed by atoms with Gasteiger partial charge < -0.3 is 9.80 Å². The molecule has 0 bridgehead atoms. The number of hydrogen-bond acceptors (Lipinski definition) is 6. The van der Waals surface area contributed by atoms with E-state index >= 15 is 0 Å². The van der Waals surface area contributed by atoms with E-state index in [1.807, 2.05) is 16.5 Å². The van der Waals surface area contributed by atoms with E-state index in [1.165, 1.54) is 5.56 Å². The number of carbonyl (C=O) groups is 1. The van der Waals surface area contributed by atoms with E-state index in [2.05, 4.69) is 37.3 Å². The van der Waals surface area contributed by atoms with Gasteiger partial charge in [0.2, 0.25) is 11.9 Å². The van der Waals surface area contributed by atoms with Crippen molar-refractivity contribution in [3.8, 4) is 0 Å². The maximum atomic E-state index is 12.0. The van der Waals surface area contributed by atoms with Crippen LogP contribution in [0.25, 0.3) is 0 Å². The van der Waals surface area contributed by atoms with Gasteiger partial charge in [-0.2, -0.15) is 11.3 Å². The molecule has 2 aliphatic heterocycles. The zero-order valence-corrected chi connectivity index (χ0v) is 13.9. The molecule has 2 atom stereocenters. The summed E-state index contributed by atoms with van der Waals surface area (Å²) < 4.78 is 1.86. The minimum Gasteiger partial charge on any atom is -0.341 e. The second-order valence-corrected chi connectivity index (χ2v) is 6.90. The van der Waals surface area contributed by atoms with Gasteiger partial charge >= 0.3 is 0 Å². The van der Waals surface area contributed by atoms with E-state index in [0.29, 0.717) is 19.0 Å². The highest BCUT2D eigenvalue weighted by Gasteiger charge is 2.36. The van der Waals surface area contributed by atoms with Gasteiger partial charge in [-0.1, -0.05) is 5.10 Å². The number of tetrazole rings is 1. The van der Waals surface area contributed by atoms with Crippen LogP contribution in [0.3, 0.4) is 0 Å². The van der Waals surface area contributed by atoms with Crippen LogP contribution in [0.1, 0.15) is 43.8 Å². The van der Waals surface area contributed by atoms with Crippen molar-refractivity contribution in [1.29, 1.82) is 0 Å². The number of aromatic nitrogens is 4. The maximum Gasteiger partial charge on any atom is 0.246 e. The van der Waals surface area contributed by atoms with Gasteiger partial charge in [-0.3, -0.25) is 4.79 Å². The normalized spacial score (nSPS) is 24.8. The van der Waals surface area contributed by atoms with Gasteiger partial charge in [0.1, 0.15) is 0 Å². The SMILES string of the molecule is CCN1CC(n2nnnc2N2CCCC2c2ccsc2)CC1=O. The Hall–Kier alpha value is -1.96. The number of thiophene rings is 1. The topological polar surface area (TPSA) is 67.2 Å². The van der Waals surface area contributed by atoms with Crippen LogP contribution in [0.4, 0.5) is 5.95 Å². The van der Waals surface area contributed by atoms with Crippen LogP contribution in [0, 0.1) is 0 Å². The number of rotatable bonds is 4. The molecule has 0 radical (unpaired) electrons. The minimum absolute atomic E-state index is 0.0381. The fourth-order valence-corrected chi connectivity index (χ4v) is 4.36. The van der Waals surface area contributed by atoms with E-state index in [9.17, 15) is 4.79 Å². The van der Waals surface area contributed by atoms with E-state index in [-0.39, 0.29) is 11.9 Å². The molecule has 0 saturated carbocycles. The Labute approximate surface area is 138 Å². The van der Waals surface area contributed by atoms with Crippen molar-refractivity contribution in [3.63, 3.8) is 0 Å². The minimum atomic E-state index is 0.0381. The summed E-state index contributed by atoms with van der Waals surface area (Å²) in [5, 5.41) is 16.7. The maximum absolute atomic E-state index is 12.0. The molecule has 1 amide bonds. The van der Waals surface area contributed by atoms with Crippen molar-refractivity contribution in [1.82, 2.24) is 25.1 Å². The number of likely N-dealkylation sites (N-methyl/N-ethyl adjacent to an activating group) is 1. The molecule has 2 unspecified atom stereocenters. The molecular formula is C15H20N6OS. The van der Waals surface area contributed by atoms with Gasteiger partial charge in [-0.15, -0.1) is 0 Å². The molecule has 7 nitrogen and oxygen atoms in total. The molecule has 0 N–H and O–H groups in total. The third kappa shape index (κ3) is 2.50. The summed E-state index contributed by atoms with van der Waals surface area (Å²) in [6.07, 6.45) is 2.75. The Morgan fingerprint density at radius 3 is 3.09 bits per heavy atom. The number of amides is 1. The highest BCUT2D eigenvalue weighted by atomic mass is 32.1. The summed E-state index contributed by atoms with van der Waals surface area (Å²) in [6.45, 7) is 4.41. The summed E-state index contributed by atoms with van der Waals surface area (Å²) in [5.74, 6) is 0.990. The smallest absolute Gasteiger partial charge is 0.246 e. The molecule has 2 fully saturated rings. The molecule has 0 spiro atoms. The second-order valence-electron chi connectivity index (χ2n) is 6.12. The molecular weight excluding hydrogens is 312 g/mol. The van der Waals surface area contributed by atoms with Crippen LogP contribution < -0.4 is 4.90 Å². The average molecular weight is 332 g/mol. The molecule has 4 heterocycles. The standard InChI is InChI=1S/C15H20N6OS/c1-2-19-9-12(8-14(19)22)21-15(16-17-18-21)20-6-3-4-13(20)11-5-7-23-10-11/h5,7,10,12-13H,2-4,6,8-9H2,1H3. The Morgan fingerprint density at radius 2 is 2.35 bits per heavy atom. The molecule has 2 saturated heterocycles. The number of hydrogen-bond donors (Lipinski definition) is 0. The highest BCUT2D eigenvalue weighted by Crippen LogP contribution is 2.37. The van der Waals surface area contributed by atoms with Gasteiger partial charge in [-0.25, -0.2) is 4.68 Å². The zero-order chi connectivity index (χ0) is 15.8. The zero-order valence-electron chi connectivity index (χ0n) is 13.1. The summed E-state index contributed by atoms with van der Waals surface area (Å²) in [4.78, 5) is 16.2. The first-order chi connectivity index (χ1) is 11.3. The van der Waals surface area contributed by atoms with Crippen molar-refractivity contribution in [2.75, 3.05) is 24.5 Å².